The monoisotopic (exact) mass is 226 g/mol. The molecule has 0 radical (unpaired) electrons. The lowest BCUT2D eigenvalue weighted by molar-refractivity contribution is -0.121. The predicted molar refractivity (Wildman–Crippen MR) is 67.4 cm³/mol. The van der Waals surface area contributed by atoms with Gasteiger partial charge in [-0.3, -0.25) is 4.79 Å². The maximum atomic E-state index is 11.5. The molecule has 0 spiro atoms. The van der Waals surface area contributed by atoms with Crippen LogP contribution in [0.1, 0.15) is 58.8 Å². The fourth-order valence-electron chi connectivity index (χ4n) is 2.15. The predicted octanol–water partition coefficient (Wildman–Crippen LogP) is 2.21. The smallest absolute Gasteiger partial charge is 0.221 e. The van der Waals surface area contributed by atoms with Crippen LogP contribution in [-0.4, -0.2) is 24.5 Å². The minimum Gasteiger partial charge on any atom is -0.354 e. The van der Waals surface area contributed by atoms with Crippen LogP contribution in [-0.2, 0) is 4.79 Å². The van der Waals surface area contributed by atoms with E-state index in [9.17, 15) is 4.79 Å². The molecule has 0 saturated heterocycles. The van der Waals surface area contributed by atoms with Crippen LogP contribution in [0.15, 0.2) is 0 Å². The topological polar surface area (TPSA) is 41.1 Å². The molecule has 0 heterocycles. The Morgan fingerprint density at radius 3 is 2.62 bits per heavy atom. The molecule has 16 heavy (non-hydrogen) atoms. The van der Waals surface area contributed by atoms with E-state index in [2.05, 4.69) is 17.6 Å². The van der Waals surface area contributed by atoms with Gasteiger partial charge in [-0.1, -0.05) is 26.2 Å². The number of hydrogen-bond donors (Lipinski definition) is 2. The van der Waals surface area contributed by atoms with Crippen molar-refractivity contribution in [1.29, 1.82) is 0 Å². The molecule has 3 nitrogen and oxygen atoms in total. The van der Waals surface area contributed by atoms with Crippen molar-refractivity contribution in [3.63, 3.8) is 0 Å². The van der Waals surface area contributed by atoms with Crippen molar-refractivity contribution in [3.05, 3.63) is 0 Å². The molecule has 1 unspecified atom stereocenters. The summed E-state index contributed by atoms with van der Waals surface area (Å²) in [6.45, 7) is 4.96. The number of carbonyl (C=O) groups is 1. The number of nitrogens with one attached hydrogen (secondary N) is 2. The fraction of sp³-hybridized carbons (Fsp3) is 0.923. The molecule has 1 amide bonds. The first-order chi connectivity index (χ1) is 7.72. The van der Waals surface area contributed by atoms with Crippen molar-refractivity contribution in [2.24, 2.45) is 0 Å². The molecule has 0 bridgehead atoms. The summed E-state index contributed by atoms with van der Waals surface area (Å²) in [5.41, 5.74) is 0. The van der Waals surface area contributed by atoms with Crippen molar-refractivity contribution in [1.82, 2.24) is 10.6 Å². The molecule has 1 saturated carbocycles. The third-order valence-electron chi connectivity index (χ3n) is 3.41. The highest BCUT2D eigenvalue weighted by atomic mass is 16.1. The van der Waals surface area contributed by atoms with Gasteiger partial charge in [-0.25, -0.2) is 0 Å². The first kappa shape index (κ1) is 13.5. The molecule has 0 aromatic carbocycles. The van der Waals surface area contributed by atoms with Gasteiger partial charge in [0, 0.05) is 25.0 Å². The van der Waals surface area contributed by atoms with Crippen molar-refractivity contribution in [2.45, 2.75) is 70.9 Å². The molecule has 1 atom stereocenters. The van der Waals surface area contributed by atoms with Crippen molar-refractivity contribution in [3.8, 4) is 0 Å². The van der Waals surface area contributed by atoms with Crippen LogP contribution in [0.25, 0.3) is 0 Å². The molecule has 1 rings (SSSR count). The Morgan fingerprint density at radius 1 is 1.31 bits per heavy atom. The lowest BCUT2D eigenvalue weighted by Crippen LogP contribution is -2.37. The van der Waals surface area contributed by atoms with Gasteiger partial charge in [-0.2, -0.15) is 0 Å². The molecule has 0 aromatic rings. The fourth-order valence-corrected chi connectivity index (χ4v) is 2.15. The second-order valence-corrected chi connectivity index (χ2v) is 4.92. The quantitative estimate of drug-likeness (QED) is 0.729. The van der Waals surface area contributed by atoms with Gasteiger partial charge in [0.05, 0.1) is 0 Å². The summed E-state index contributed by atoms with van der Waals surface area (Å²) in [7, 11) is 0. The van der Waals surface area contributed by atoms with Gasteiger partial charge in [0.15, 0.2) is 0 Å². The molecule has 1 aliphatic carbocycles. The van der Waals surface area contributed by atoms with Crippen LogP contribution in [0, 0.1) is 0 Å². The molecule has 1 fully saturated rings. The Balaban J connectivity index is 2.03. The Hall–Kier alpha value is -0.570. The molecule has 94 valence electrons. The van der Waals surface area contributed by atoms with E-state index in [1.54, 1.807) is 0 Å². The number of rotatable bonds is 6. The molecule has 1 aliphatic rings. The third kappa shape index (κ3) is 5.50. The van der Waals surface area contributed by atoms with Crippen LogP contribution >= 0.6 is 0 Å². The maximum Gasteiger partial charge on any atom is 0.221 e. The largest absolute Gasteiger partial charge is 0.354 e. The van der Waals surface area contributed by atoms with Crippen molar-refractivity contribution in [2.75, 3.05) is 6.54 Å². The molecule has 2 N–H and O–H groups in total. The highest BCUT2D eigenvalue weighted by molar-refractivity contribution is 5.76. The lowest BCUT2D eigenvalue weighted by Gasteiger charge is -2.22. The van der Waals surface area contributed by atoms with Gasteiger partial charge in [0.25, 0.3) is 0 Å². The van der Waals surface area contributed by atoms with Crippen LogP contribution in [0.4, 0.5) is 0 Å². The zero-order valence-electron chi connectivity index (χ0n) is 10.7. The van der Waals surface area contributed by atoms with Crippen LogP contribution < -0.4 is 10.6 Å². The lowest BCUT2D eigenvalue weighted by atomic mass is 9.95. The standard InChI is InChI=1S/C13H26N2O/c1-3-11(2)15-13(16)9-10-14-12-7-5-4-6-8-12/h11-12,14H,3-10H2,1-2H3,(H,15,16). The molecular weight excluding hydrogens is 200 g/mol. The van der Waals surface area contributed by atoms with E-state index in [0.29, 0.717) is 18.5 Å². The Morgan fingerprint density at radius 2 is 2.00 bits per heavy atom. The number of amides is 1. The summed E-state index contributed by atoms with van der Waals surface area (Å²) in [6.07, 6.45) is 8.25. The van der Waals surface area contributed by atoms with Gasteiger partial charge in [-0.05, 0) is 26.2 Å². The van der Waals surface area contributed by atoms with Gasteiger partial charge >= 0.3 is 0 Å². The Labute approximate surface area is 99.4 Å². The zero-order chi connectivity index (χ0) is 11.8. The summed E-state index contributed by atoms with van der Waals surface area (Å²) in [5.74, 6) is 0.178. The average Bonchev–Trinajstić information content (AvgIpc) is 2.30. The van der Waals surface area contributed by atoms with Crippen LogP contribution in [0.5, 0.6) is 0 Å². The van der Waals surface area contributed by atoms with E-state index in [1.165, 1.54) is 32.1 Å². The van der Waals surface area contributed by atoms with E-state index in [0.717, 1.165) is 13.0 Å². The minimum atomic E-state index is 0.178. The van der Waals surface area contributed by atoms with Gasteiger partial charge in [0.2, 0.25) is 5.91 Å². The summed E-state index contributed by atoms with van der Waals surface area (Å²) < 4.78 is 0. The molecule has 0 aliphatic heterocycles. The van der Waals surface area contributed by atoms with Gasteiger partial charge in [-0.15, -0.1) is 0 Å². The van der Waals surface area contributed by atoms with E-state index in [4.69, 9.17) is 0 Å². The van der Waals surface area contributed by atoms with Crippen LogP contribution in [0.3, 0.4) is 0 Å². The Kier molecular flexibility index (Phi) is 6.46. The zero-order valence-corrected chi connectivity index (χ0v) is 10.7. The Bertz CT molecular complexity index is 200. The SMILES string of the molecule is CCC(C)NC(=O)CCNC1CCCCC1. The summed E-state index contributed by atoms with van der Waals surface area (Å²) in [6, 6.07) is 0.965. The maximum absolute atomic E-state index is 11.5. The molecule has 0 aromatic heterocycles. The second kappa shape index (κ2) is 7.66. The summed E-state index contributed by atoms with van der Waals surface area (Å²) in [5, 5.41) is 6.47. The molecular formula is C13H26N2O. The molecule has 3 heteroatoms. The average molecular weight is 226 g/mol. The highest BCUT2D eigenvalue weighted by Gasteiger charge is 2.12. The third-order valence-corrected chi connectivity index (χ3v) is 3.41. The first-order valence-electron chi connectivity index (χ1n) is 6.75. The normalized spacial score (nSPS) is 19.4. The van der Waals surface area contributed by atoms with Crippen LogP contribution in [0.2, 0.25) is 0 Å². The summed E-state index contributed by atoms with van der Waals surface area (Å²) in [4.78, 5) is 11.5. The minimum absolute atomic E-state index is 0.178. The van der Waals surface area contributed by atoms with E-state index in [1.807, 2.05) is 6.92 Å². The number of hydrogen-bond acceptors (Lipinski definition) is 2. The van der Waals surface area contributed by atoms with Crippen molar-refractivity contribution >= 4 is 5.91 Å². The second-order valence-electron chi connectivity index (χ2n) is 4.92. The van der Waals surface area contributed by atoms with E-state index in [-0.39, 0.29) is 5.91 Å². The van der Waals surface area contributed by atoms with E-state index < -0.39 is 0 Å². The summed E-state index contributed by atoms with van der Waals surface area (Å²) >= 11 is 0. The van der Waals surface area contributed by atoms with Gasteiger partial charge < -0.3 is 10.6 Å². The van der Waals surface area contributed by atoms with Gasteiger partial charge in [0.1, 0.15) is 0 Å². The highest BCUT2D eigenvalue weighted by Crippen LogP contribution is 2.17. The van der Waals surface area contributed by atoms with E-state index >= 15 is 0 Å². The first-order valence-corrected chi connectivity index (χ1v) is 6.75. The number of carbonyl (C=O) groups excluding carboxylic acids is 1. The van der Waals surface area contributed by atoms with Crippen molar-refractivity contribution < 1.29 is 4.79 Å².